The van der Waals surface area contributed by atoms with Crippen molar-refractivity contribution in [1.29, 1.82) is 0 Å². The van der Waals surface area contributed by atoms with Crippen molar-refractivity contribution in [2.45, 2.75) is 4.90 Å². The third-order valence-corrected chi connectivity index (χ3v) is 4.09. The molecule has 0 amide bonds. The van der Waals surface area contributed by atoms with E-state index in [0.717, 1.165) is 24.3 Å². The molecule has 0 saturated carbocycles. The van der Waals surface area contributed by atoms with Gasteiger partial charge in [0.15, 0.2) is 0 Å². The van der Waals surface area contributed by atoms with E-state index in [1.165, 1.54) is 6.07 Å². The molecule has 6 nitrogen and oxygen atoms in total. The molecular weight excluding hydrogens is 360 g/mol. The third-order valence-electron chi connectivity index (χ3n) is 2.44. The first-order chi connectivity index (χ1) is 10.2. The highest BCUT2D eigenvalue weighted by Gasteiger charge is 2.24. The first kappa shape index (κ1) is 16.5. The highest BCUT2D eigenvalue weighted by molar-refractivity contribution is 7.87. The monoisotopic (exact) mass is 365 g/mol. The quantitative estimate of drug-likeness (QED) is 0.467. The number of hydrogen-bond acceptors (Lipinski definition) is 5. The molecule has 2 aromatic carbocycles. The third kappa shape index (κ3) is 3.65. The lowest BCUT2D eigenvalue weighted by molar-refractivity contribution is -0.385. The molecule has 10 heteroatoms. The lowest BCUT2D eigenvalue weighted by atomic mass is 10.3. The second-order valence-corrected chi connectivity index (χ2v) is 6.43. The van der Waals surface area contributed by atoms with Crippen molar-refractivity contribution in [2.75, 3.05) is 0 Å². The van der Waals surface area contributed by atoms with Crippen LogP contribution in [0.1, 0.15) is 0 Å². The summed E-state index contributed by atoms with van der Waals surface area (Å²) in [4.78, 5) is 9.52. The van der Waals surface area contributed by atoms with Gasteiger partial charge >= 0.3 is 15.8 Å². The lowest BCUT2D eigenvalue weighted by Crippen LogP contribution is -2.11. The summed E-state index contributed by atoms with van der Waals surface area (Å²) in [6.45, 7) is 0. The number of nitro groups is 1. The zero-order valence-electron chi connectivity index (χ0n) is 10.5. The zero-order chi connectivity index (χ0) is 16.5. The number of nitrogens with zero attached hydrogens (tertiary/aromatic N) is 1. The number of benzene rings is 2. The van der Waals surface area contributed by atoms with Crippen molar-refractivity contribution in [3.05, 3.63) is 62.4 Å². The van der Waals surface area contributed by atoms with Gasteiger partial charge in [0.2, 0.25) is 5.75 Å². The second-order valence-electron chi connectivity index (χ2n) is 4.01. The number of halogens is 3. The predicted molar refractivity (Wildman–Crippen MR) is 77.3 cm³/mol. The Hall–Kier alpha value is -1.90. The summed E-state index contributed by atoms with van der Waals surface area (Å²) >= 11 is 11.4. The molecule has 0 unspecified atom stereocenters. The van der Waals surface area contributed by atoms with Crippen LogP contribution >= 0.6 is 23.2 Å². The van der Waals surface area contributed by atoms with E-state index in [-0.39, 0.29) is 10.0 Å². The van der Waals surface area contributed by atoms with Gasteiger partial charge in [-0.1, -0.05) is 23.2 Å². The predicted octanol–water partition coefficient (Wildman–Crippen LogP) is 3.81. The smallest absolute Gasteiger partial charge is 0.339 e. The Morgan fingerprint density at radius 3 is 2.23 bits per heavy atom. The van der Waals surface area contributed by atoms with Crippen LogP contribution in [0.25, 0.3) is 0 Å². The van der Waals surface area contributed by atoms with Gasteiger partial charge in [0.05, 0.1) is 4.92 Å². The molecule has 2 rings (SSSR count). The summed E-state index contributed by atoms with van der Waals surface area (Å²) in [5, 5.41) is 10.9. The molecule has 22 heavy (non-hydrogen) atoms. The maximum absolute atomic E-state index is 13.2. The van der Waals surface area contributed by atoms with Gasteiger partial charge in [-0.2, -0.15) is 8.42 Å². The van der Waals surface area contributed by atoms with Crippen molar-refractivity contribution in [2.24, 2.45) is 0 Å². The summed E-state index contributed by atoms with van der Waals surface area (Å²) in [7, 11) is -4.47. The maximum Gasteiger partial charge on any atom is 0.339 e. The van der Waals surface area contributed by atoms with Crippen LogP contribution in [-0.4, -0.2) is 13.3 Å². The van der Waals surface area contributed by atoms with Crippen LogP contribution in [0.2, 0.25) is 10.0 Å². The molecule has 0 saturated heterocycles. The Labute approximate surface area is 134 Å². The minimum atomic E-state index is -4.47. The zero-order valence-corrected chi connectivity index (χ0v) is 12.8. The topological polar surface area (TPSA) is 86.5 Å². The van der Waals surface area contributed by atoms with E-state index in [4.69, 9.17) is 23.2 Å². The molecule has 0 N–H and O–H groups in total. The fraction of sp³-hybridized carbons (Fsp3) is 0. The van der Waals surface area contributed by atoms with Crippen molar-refractivity contribution in [3.8, 4) is 5.75 Å². The van der Waals surface area contributed by atoms with Crippen molar-refractivity contribution < 1.29 is 21.9 Å². The Kier molecular flexibility index (Phi) is 4.55. The number of nitro benzene ring substituents is 1. The Bertz CT molecular complexity index is 836. The van der Waals surface area contributed by atoms with Crippen LogP contribution in [0.15, 0.2) is 41.3 Å². The SMILES string of the molecule is O=[N+]([O-])c1ccc(F)cc1OS(=O)(=O)c1cc(Cl)cc(Cl)c1. The normalized spacial score (nSPS) is 11.2. The molecule has 0 aromatic heterocycles. The molecule has 0 aliphatic rings. The molecule has 0 radical (unpaired) electrons. The Morgan fingerprint density at radius 1 is 1.09 bits per heavy atom. The fourth-order valence-electron chi connectivity index (χ4n) is 1.54. The van der Waals surface area contributed by atoms with Crippen molar-refractivity contribution in [1.82, 2.24) is 0 Å². The number of rotatable bonds is 4. The van der Waals surface area contributed by atoms with Crippen LogP contribution in [0, 0.1) is 15.9 Å². The van der Waals surface area contributed by atoms with Gasteiger partial charge in [0.25, 0.3) is 0 Å². The van der Waals surface area contributed by atoms with Crippen LogP contribution in [0.3, 0.4) is 0 Å². The number of hydrogen-bond donors (Lipinski definition) is 0. The lowest BCUT2D eigenvalue weighted by Gasteiger charge is -2.08. The summed E-state index contributed by atoms with van der Waals surface area (Å²) in [5.74, 6) is -1.64. The largest absolute Gasteiger partial charge is 0.371 e. The Morgan fingerprint density at radius 2 is 1.68 bits per heavy atom. The van der Waals surface area contributed by atoms with Crippen LogP contribution in [-0.2, 0) is 10.1 Å². The van der Waals surface area contributed by atoms with Crippen LogP contribution in [0.4, 0.5) is 10.1 Å². The first-order valence-electron chi connectivity index (χ1n) is 5.53. The molecule has 0 aliphatic carbocycles. The average molecular weight is 366 g/mol. The van der Waals surface area contributed by atoms with Gasteiger partial charge in [0, 0.05) is 22.2 Å². The first-order valence-corrected chi connectivity index (χ1v) is 7.70. The fourth-order valence-corrected chi connectivity index (χ4v) is 3.21. The van der Waals surface area contributed by atoms with E-state index in [9.17, 15) is 22.9 Å². The molecule has 0 spiro atoms. The molecular formula is C12H6Cl2FNO5S. The molecule has 0 aliphatic heterocycles. The standard InChI is InChI=1S/C12H6Cl2FNO5S/c13-7-3-8(14)5-10(4-7)22(19,20)21-12-6-9(15)1-2-11(12)16(17)18/h1-6H. The summed E-state index contributed by atoms with van der Waals surface area (Å²) in [6, 6.07) is 5.61. The Balaban J connectivity index is 2.49. The van der Waals surface area contributed by atoms with Gasteiger partial charge in [0.1, 0.15) is 10.7 Å². The molecule has 2 aromatic rings. The average Bonchev–Trinajstić information content (AvgIpc) is 2.36. The second kappa shape index (κ2) is 6.07. The summed E-state index contributed by atoms with van der Waals surface area (Å²) in [6.07, 6.45) is 0. The van der Waals surface area contributed by atoms with Crippen LogP contribution < -0.4 is 4.18 Å². The molecule has 0 atom stereocenters. The van der Waals surface area contributed by atoms with E-state index >= 15 is 0 Å². The summed E-state index contributed by atoms with van der Waals surface area (Å²) < 4.78 is 42.0. The van der Waals surface area contributed by atoms with E-state index in [1.807, 2.05) is 0 Å². The van der Waals surface area contributed by atoms with E-state index in [1.54, 1.807) is 0 Å². The minimum Gasteiger partial charge on any atom is -0.371 e. The van der Waals surface area contributed by atoms with Gasteiger partial charge < -0.3 is 4.18 Å². The van der Waals surface area contributed by atoms with E-state index in [0.29, 0.717) is 6.07 Å². The van der Waals surface area contributed by atoms with Crippen molar-refractivity contribution >= 4 is 39.0 Å². The maximum atomic E-state index is 13.2. The summed E-state index contributed by atoms with van der Waals surface area (Å²) in [5.41, 5.74) is -0.696. The van der Waals surface area contributed by atoms with Crippen LogP contribution in [0.5, 0.6) is 5.75 Å². The molecule has 0 fully saturated rings. The van der Waals surface area contributed by atoms with Crippen molar-refractivity contribution in [3.63, 3.8) is 0 Å². The van der Waals surface area contributed by atoms with Gasteiger partial charge in [-0.25, -0.2) is 4.39 Å². The van der Waals surface area contributed by atoms with E-state index < -0.39 is 37.2 Å². The molecule has 0 bridgehead atoms. The molecule has 116 valence electrons. The van der Waals surface area contributed by atoms with Gasteiger partial charge in [-0.05, 0) is 24.3 Å². The minimum absolute atomic E-state index is 0.0309. The van der Waals surface area contributed by atoms with Gasteiger partial charge in [-0.15, -0.1) is 0 Å². The highest BCUT2D eigenvalue weighted by atomic mass is 35.5. The van der Waals surface area contributed by atoms with E-state index in [2.05, 4.69) is 4.18 Å². The highest BCUT2D eigenvalue weighted by Crippen LogP contribution is 2.31. The van der Waals surface area contributed by atoms with Gasteiger partial charge in [-0.3, -0.25) is 10.1 Å². The molecule has 0 heterocycles.